The normalized spacial score (nSPS) is 14.6. The van der Waals surface area contributed by atoms with Crippen molar-refractivity contribution in [2.75, 3.05) is 6.61 Å². The lowest BCUT2D eigenvalue weighted by Gasteiger charge is -2.21. The predicted octanol–water partition coefficient (Wildman–Crippen LogP) is 7.70. The number of aliphatic hydroxyl groups excluding tert-OH is 3. The fraction of sp³-hybridized carbons (Fsp3) is 0.788. The largest absolute Gasteiger partial charge is 0.394 e. The number of hydrogen-bond donors (Lipinski definition) is 4. The first kappa shape index (κ1) is 36.6. The van der Waals surface area contributed by atoms with Crippen LogP contribution in [-0.4, -0.2) is 46.1 Å². The summed E-state index contributed by atoms with van der Waals surface area (Å²) in [6, 6.07) is -0.761. The lowest BCUT2D eigenvalue weighted by molar-refractivity contribution is -0.124. The zero-order chi connectivity index (χ0) is 28.1. The highest BCUT2D eigenvalue weighted by Crippen LogP contribution is 2.12. The molecule has 0 aromatic heterocycles. The van der Waals surface area contributed by atoms with Crippen LogP contribution in [0.1, 0.15) is 142 Å². The van der Waals surface area contributed by atoms with E-state index in [9.17, 15) is 20.1 Å². The van der Waals surface area contributed by atoms with Gasteiger partial charge in [-0.1, -0.05) is 127 Å². The van der Waals surface area contributed by atoms with E-state index in [-0.39, 0.29) is 18.9 Å². The molecule has 0 aliphatic rings. The Morgan fingerprint density at radius 1 is 0.658 bits per heavy atom. The monoisotopic (exact) mass is 535 g/mol. The topological polar surface area (TPSA) is 89.8 Å². The van der Waals surface area contributed by atoms with Crippen molar-refractivity contribution in [1.82, 2.24) is 5.32 Å². The van der Waals surface area contributed by atoms with Crippen molar-refractivity contribution in [3.63, 3.8) is 0 Å². The fourth-order valence-electron chi connectivity index (χ4n) is 4.43. The zero-order valence-corrected chi connectivity index (χ0v) is 24.8. The highest BCUT2D eigenvalue weighted by atomic mass is 16.3. The quantitative estimate of drug-likeness (QED) is 0.0641. The number of rotatable bonds is 27. The van der Waals surface area contributed by atoms with Gasteiger partial charge in [0.15, 0.2) is 0 Å². The maximum Gasteiger partial charge on any atom is 0.222 e. The SMILES string of the molecule is CCCCCC/C=C/CC/C=C/CC/C=C/C(O)C(CO)NC(=O)CC(O)CCCCCCCCCCC. The molecule has 0 spiro atoms. The lowest BCUT2D eigenvalue weighted by atomic mass is 10.0. The third-order valence-corrected chi connectivity index (χ3v) is 6.91. The maximum atomic E-state index is 12.3. The van der Waals surface area contributed by atoms with Crippen molar-refractivity contribution in [2.24, 2.45) is 0 Å². The minimum atomic E-state index is -0.954. The van der Waals surface area contributed by atoms with Crippen LogP contribution in [0.15, 0.2) is 36.5 Å². The first-order chi connectivity index (χ1) is 18.5. The van der Waals surface area contributed by atoms with E-state index < -0.39 is 18.2 Å². The van der Waals surface area contributed by atoms with E-state index in [1.807, 2.05) is 6.08 Å². The summed E-state index contributed by atoms with van der Waals surface area (Å²) in [6.07, 6.45) is 32.6. The van der Waals surface area contributed by atoms with E-state index in [1.54, 1.807) is 6.08 Å². The molecule has 0 saturated heterocycles. The Hall–Kier alpha value is -1.43. The van der Waals surface area contributed by atoms with Crippen LogP contribution in [0.5, 0.6) is 0 Å². The van der Waals surface area contributed by atoms with Gasteiger partial charge in [-0.3, -0.25) is 4.79 Å². The van der Waals surface area contributed by atoms with Crippen LogP contribution in [-0.2, 0) is 4.79 Å². The van der Waals surface area contributed by atoms with Gasteiger partial charge in [0.25, 0.3) is 0 Å². The molecule has 5 heteroatoms. The van der Waals surface area contributed by atoms with Crippen LogP contribution in [0.4, 0.5) is 0 Å². The van der Waals surface area contributed by atoms with E-state index in [4.69, 9.17) is 0 Å². The van der Waals surface area contributed by atoms with Crippen LogP contribution in [0.25, 0.3) is 0 Å². The van der Waals surface area contributed by atoms with Crippen molar-refractivity contribution < 1.29 is 20.1 Å². The Balaban J connectivity index is 3.91. The number of amides is 1. The number of nitrogens with one attached hydrogen (secondary N) is 1. The van der Waals surface area contributed by atoms with Gasteiger partial charge in [-0.2, -0.15) is 0 Å². The number of allylic oxidation sites excluding steroid dienone is 5. The summed E-state index contributed by atoms with van der Waals surface area (Å²) < 4.78 is 0. The van der Waals surface area contributed by atoms with Gasteiger partial charge in [0.05, 0.1) is 31.3 Å². The zero-order valence-electron chi connectivity index (χ0n) is 24.8. The van der Waals surface area contributed by atoms with Gasteiger partial charge in [0, 0.05) is 0 Å². The third kappa shape index (κ3) is 24.9. The van der Waals surface area contributed by atoms with Crippen molar-refractivity contribution in [3.8, 4) is 0 Å². The first-order valence-electron chi connectivity index (χ1n) is 15.8. The molecule has 3 atom stereocenters. The van der Waals surface area contributed by atoms with Crippen LogP contribution < -0.4 is 5.32 Å². The molecular formula is C33H61NO4. The Bertz CT molecular complexity index is 602. The molecule has 5 nitrogen and oxygen atoms in total. The molecule has 0 aliphatic heterocycles. The predicted molar refractivity (Wildman–Crippen MR) is 162 cm³/mol. The summed E-state index contributed by atoms with van der Waals surface area (Å²) in [5.74, 6) is -0.335. The van der Waals surface area contributed by atoms with Gasteiger partial charge in [0.1, 0.15) is 0 Å². The summed E-state index contributed by atoms with van der Waals surface area (Å²) >= 11 is 0. The van der Waals surface area contributed by atoms with Gasteiger partial charge in [-0.15, -0.1) is 0 Å². The van der Waals surface area contributed by atoms with Crippen LogP contribution in [0, 0.1) is 0 Å². The number of carbonyl (C=O) groups excluding carboxylic acids is 1. The number of aliphatic hydroxyl groups is 3. The number of hydrogen-bond acceptors (Lipinski definition) is 4. The Morgan fingerprint density at radius 3 is 1.68 bits per heavy atom. The summed E-state index contributed by atoms with van der Waals surface area (Å²) in [4.78, 5) is 12.3. The molecule has 3 unspecified atom stereocenters. The van der Waals surface area contributed by atoms with Crippen molar-refractivity contribution >= 4 is 5.91 Å². The van der Waals surface area contributed by atoms with Crippen LogP contribution in [0.3, 0.4) is 0 Å². The molecule has 0 aliphatic carbocycles. The molecule has 38 heavy (non-hydrogen) atoms. The summed E-state index contributed by atoms with van der Waals surface area (Å²) in [7, 11) is 0. The van der Waals surface area contributed by atoms with Gasteiger partial charge in [-0.05, 0) is 44.9 Å². The fourth-order valence-corrected chi connectivity index (χ4v) is 4.43. The second kappa shape index (κ2) is 28.6. The van der Waals surface area contributed by atoms with Crippen LogP contribution >= 0.6 is 0 Å². The second-order valence-electron chi connectivity index (χ2n) is 10.7. The van der Waals surface area contributed by atoms with Crippen LogP contribution in [0.2, 0.25) is 0 Å². The highest BCUT2D eigenvalue weighted by Gasteiger charge is 2.19. The number of unbranched alkanes of at least 4 members (excludes halogenated alkanes) is 14. The second-order valence-corrected chi connectivity index (χ2v) is 10.7. The Labute approximate surface area is 234 Å². The van der Waals surface area contributed by atoms with Crippen molar-refractivity contribution in [1.29, 1.82) is 0 Å². The average molecular weight is 536 g/mol. The molecule has 0 radical (unpaired) electrons. The van der Waals surface area contributed by atoms with E-state index in [1.165, 1.54) is 77.0 Å². The third-order valence-electron chi connectivity index (χ3n) is 6.91. The standard InChI is InChI=1S/C33H61NO4/c1-3-5-7-9-11-13-14-15-16-17-19-21-23-25-27-32(37)31(29-35)34-33(38)28-30(36)26-24-22-20-18-12-10-8-6-4-2/h13-14,17,19,25,27,30-32,35-37H,3-12,15-16,18,20-24,26,28-29H2,1-2H3,(H,34,38)/b14-13+,19-17+,27-25+. The highest BCUT2D eigenvalue weighted by molar-refractivity contribution is 5.76. The van der Waals surface area contributed by atoms with Gasteiger partial charge in [0.2, 0.25) is 5.91 Å². The van der Waals surface area contributed by atoms with Crippen molar-refractivity contribution in [3.05, 3.63) is 36.5 Å². The minimum Gasteiger partial charge on any atom is -0.394 e. The number of carbonyl (C=O) groups is 1. The van der Waals surface area contributed by atoms with E-state index in [0.717, 1.165) is 38.5 Å². The lowest BCUT2D eigenvalue weighted by Crippen LogP contribution is -2.45. The van der Waals surface area contributed by atoms with E-state index in [0.29, 0.717) is 6.42 Å². The molecule has 0 aromatic rings. The molecule has 0 bridgehead atoms. The maximum absolute atomic E-state index is 12.3. The molecule has 0 fully saturated rings. The first-order valence-corrected chi connectivity index (χ1v) is 15.8. The molecule has 1 amide bonds. The molecule has 4 N–H and O–H groups in total. The smallest absolute Gasteiger partial charge is 0.222 e. The summed E-state index contributed by atoms with van der Waals surface area (Å²) in [5.41, 5.74) is 0. The Morgan fingerprint density at radius 2 is 1.13 bits per heavy atom. The van der Waals surface area contributed by atoms with E-state index >= 15 is 0 Å². The van der Waals surface area contributed by atoms with E-state index in [2.05, 4.69) is 43.5 Å². The molecule has 0 rings (SSSR count). The summed E-state index contributed by atoms with van der Waals surface area (Å²) in [6.45, 7) is 4.12. The van der Waals surface area contributed by atoms with Gasteiger partial charge >= 0.3 is 0 Å². The minimum absolute atomic E-state index is 0.00277. The van der Waals surface area contributed by atoms with Gasteiger partial charge in [-0.25, -0.2) is 0 Å². The molecule has 0 saturated carbocycles. The molecular weight excluding hydrogens is 474 g/mol. The van der Waals surface area contributed by atoms with Gasteiger partial charge < -0.3 is 20.6 Å². The Kier molecular flexibility index (Phi) is 27.5. The molecule has 0 heterocycles. The van der Waals surface area contributed by atoms with Crippen molar-refractivity contribution in [2.45, 2.75) is 161 Å². The molecule has 222 valence electrons. The summed E-state index contributed by atoms with van der Waals surface area (Å²) in [5, 5.41) is 32.8. The average Bonchev–Trinajstić information content (AvgIpc) is 2.90. The molecule has 0 aromatic carbocycles.